The molecule has 1 amide bonds. The predicted octanol–water partition coefficient (Wildman–Crippen LogP) is 1.59. The minimum absolute atomic E-state index is 0.177. The van der Waals surface area contributed by atoms with Gasteiger partial charge in [-0.1, -0.05) is 0 Å². The quantitative estimate of drug-likeness (QED) is 0.738. The van der Waals surface area contributed by atoms with Crippen LogP contribution in [0.5, 0.6) is 0 Å². The first-order valence-electron chi connectivity index (χ1n) is 6.05. The SMILES string of the molecule is C[C@@H](N)[C@@H]1[C@H]2C[C@H]1N(C(=O)OC(C)(C)C)C2. The van der Waals surface area contributed by atoms with Gasteiger partial charge in [-0.25, -0.2) is 4.79 Å². The second kappa shape index (κ2) is 3.62. The molecule has 2 saturated heterocycles. The second-order valence-corrected chi connectivity index (χ2v) is 6.13. The molecular weight excluding hydrogens is 204 g/mol. The molecule has 0 spiro atoms. The summed E-state index contributed by atoms with van der Waals surface area (Å²) < 4.78 is 5.39. The first-order valence-corrected chi connectivity index (χ1v) is 6.05. The zero-order valence-corrected chi connectivity index (χ0v) is 10.6. The number of nitrogens with two attached hydrogens (primary N) is 1. The van der Waals surface area contributed by atoms with E-state index >= 15 is 0 Å². The lowest BCUT2D eigenvalue weighted by molar-refractivity contribution is 0.0191. The van der Waals surface area contributed by atoms with Gasteiger partial charge in [-0.2, -0.15) is 0 Å². The molecule has 2 N–H and O–H groups in total. The monoisotopic (exact) mass is 226 g/mol. The molecule has 2 bridgehead atoms. The number of rotatable bonds is 1. The van der Waals surface area contributed by atoms with Gasteiger partial charge in [0.25, 0.3) is 0 Å². The van der Waals surface area contributed by atoms with Crippen LogP contribution in [0.15, 0.2) is 0 Å². The fourth-order valence-corrected chi connectivity index (χ4v) is 2.97. The van der Waals surface area contributed by atoms with Gasteiger partial charge in [-0.3, -0.25) is 0 Å². The van der Waals surface area contributed by atoms with Crippen molar-refractivity contribution in [2.75, 3.05) is 6.54 Å². The van der Waals surface area contributed by atoms with Crippen LogP contribution < -0.4 is 5.73 Å². The molecule has 0 aromatic rings. The van der Waals surface area contributed by atoms with E-state index in [0.717, 1.165) is 13.0 Å². The van der Waals surface area contributed by atoms with Crippen LogP contribution in [0.2, 0.25) is 0 Å². The van der Waals surface area contributed by atoms with Crippen LogP contribution in [0.3, 0.4) is 0 Å². The second-order valence-electron chi connectivity index (χ2n) is 6.13. The van der Waals surface area contributed by atoms with Gasteiger partial charge >= 0.3 is 6.09 Å². The Morgan fingerprint density at radius 3 is 2.56 bits per heavy atom. The van der Waals surface area contributed by atoms with Crippen LogP contribution in [0.4, 0.5) is 4.79 Å². The van der Waals surface area contributed by atoms with Crippen molar-refractivity contribution in [1.29, 1.82) is 0 Å². The van der Waals surface area contributed by atoms with Gasteiger partial charge < -0.3 is 15.4 Å². The highest BCUT2D eigenvalue weighted by molar-refractivity contribution is 5.69. The number of carbonyl (C=O) groups is 1. The Bertz CT molecular complexity index is 296. The van der Waals surface area contributed by atoms with Gasteiger partial charge in [0.05, 0.1) is 0 Å². The van der Waals surface area contributed by atoms with E-state index in [1.165, 1.54) is 0 Å². The Morgan fingerprint density at radius 1 is 1.50 bits per heavy atom. The first kappa shape index (κ1) is 11.7. The molecule has 3 rings (SSSR count). The van der Waals surface area contributed by atoms with Gasteiger partial charge in [0, 0.05) is 18.6 Å². The lowest BCUT2D eigenvalue weighted by Gasteiger charge is -2.39. The van der Waals surface area contributed by atoms with Gasteiger partial charge in [0.2, 0.25) is 0 Å². The summed E-state index contributed by atoms with van der Waals surface area (Å²) in [4.78, 5) is 13.8. The molecule has 16 heavy (non-hydrogen) atoms. The number of fused-ring (bicyclic) bond motifs is 1. The maximum absolute atomic E-state index is 11.9. The first-order chi connectivity index (χ1) is 7.29. The molecule has 4 heteroatoms. The number of nitrogens with zero attached hydrogens (tertiary/aromatic N) is 1. The Morgan fingerprint density at radius 2 is 2.12 bits per heavy atom. The number of hydrogen-bond acceptors (Lipinski definition) is 3. The topological polar surface area (TPSA) is 55.6 Å². The van der Waals surface area contributed by atoms with E-state index in [1.807, 2.05) is 32.6 Å². The molecular formula is C12H22N2O2. The highest BCUT2D eigenvalue weighted by Crippen LogP contribution is 2.47. The molecule has 3 aliphatic rings. The number of hydrogen-bond donors (Lipinski definition) is 1. The van der Waals surface area contributed by atoms with Crippen molar-refractivity contribution < 1.29 is 9.53 Å². The smallest absolute Gasteiger partial charge is 0.410 e. The summed E-state index contributed by atoms with van der Waals surface area (Å²) in [5.41, 5.74) is 5.52. The van der Waals surface area contributed by atoms with E-state index in [4.69, 9.17) is 10.5 Å². The third kappa shape index (κ3) is 1.90. The van der Waals surface area contributed by atoms with Crippen molar-refractivity contribution in [2.45, 2.75) is 51.8 Å². The fourth-order valence-electron chi connectivity index (χ4n) is 2.97. The van der Waals surface area contributed by atoms with Crippen molar-refractivity contribution in [3.8, 4) is 0 Å². The van der Waals surface area contributed by atoms with E-state index in [1.54, 1.807) is 0 Å². The van der Waals surface area contributed by atoms with Crippen LogP contribution in [0.1, 0.15) is 34.1 Å². The molecule has 4 atom stereocenters. The number of amides is 1. The molecule has 3 fully saturated rings. The van der Waals surface area contributed by atoms with E-state index in [-0.39, 0.29) is 12.1 Å². The highest BCUT2D eigenvalue weighted by Gasteiger charge is 2.55. The average molecular weight is 226 g/mol. The zero-order valence-electron chi connectivity index (χ0n) is 10.6. The van der Waals surface area contributed by atoms with E-state index in [0.29, 0.717) is 17.9 Å². The van der Waals surface area contributed by atoms with Crippen LogP contribution >= 0.6 is 0 Å². The van der Waals surface area contributed by atoms with Gasteiger partial charge in [0.15, 0.2) is 0 Å². The minimum Gasteiger partial charge on any atom is -0.444 e. The largest absolute Gasteiger partial charge is 0.444 e. The molecule has 0 radical (unpaired) electrons. The standard InChI is InChI=1S/C12H22N2O2/c1-7(13)10-8-5-9(10)14(6-8)11(15)16-12(2,3)4/h7-10H,5-6,13H2,1-4H3/t7-,8+,9-,10-/m1/s1. The van der Waals surface area contributed by atoms with E-state index < -0.39 is 5.60 Å². The summed E-state index contributed by atoms with van der Waals surface area (Å²) in [7, 11) is 0. The summed E-state index contributed by atoms with van der Waals surface area (Å²) >= 11 is 0. The number of carbonyl (C=O) groups excluding carboxylic acids is 1. The molecule has 2 heterocycles. The molecule has 0 aromatic heterocycles. The summed E-state index contributed by atoms with van der Waals surface area (Å²) in [5, 5.41) is 0. The van der Waals surface area contributed by atoms with Gasteiger partial charge in [-0.05, 0) is 46.0 Å². The van der Waals surface area contributed by atoms with Crippen LogP contribution in [-0.4, -0.2) is 35.2 Å². The summed E-state index contributed by atoms with van der Waals surface area (Å²) in [6.45, 7) is 8.55. The summed E-state index contributed by atoms with van der Waals surface area (Å²) in [6.07, 6.45) is 0.925. The van der Waals surface area contributed by atoms with Crippen molar-refractivity contribution in [3.05, 3.63) is 0 Å². The summed E-state index contributed by atoms with van der Waals surface area (Å²) in [5.74, 6) is 1.07. The van der Waals surface area contributed by atoms with E-state index in [2.05, 4.69) is 0 Å². The third-order valence-corrected chi connectivity index (χ3v) is 3.60. The van der Waals surface area contributed by atoms with Crippen LogP contribution in [-0.2, 0) is 4.74 Å². The maximum atomic E-state index is 11.9. The third-order valence-electron chi connectivity index (χ3n) is 3.60. The highest BCUT2D eigenvalue weighted by atomic mass is 16.6. The zero-order chi connectivity index (χ0) is 12.1. The molecule has 0 aromatic carbocycles. The average Bonchev–Trinajstić information content (AvgIpc) is 2.53. The van der Waals surface area contributed by atoms with Crippen LogP contribution in [0, 0.1) is 11.8 Å². The number of ether oxygens (including phenoxy) is 1. The van der Waals surface area contributed by atoms with Gasteiger partial charge in [-0.15, -0.1) is 0 Å². The molecule has 1 saturated carbocycles. The molecule has 0 unspecified atom stereocenters. The van der Waals surface area contributed by atoms with Crippen molar-refractivity contribution >= 4 is 6.09 Å². The normalized spacial score (nSPS) is 34.6. The van der Waals surface area contributed by atoms with E-state index in [9.17, 15) is 4.79 Å². The van der Waals surface area contributed by atoms with Crippen molar-refractivity contribution in [3.63, 3.8) is 0 Å². The Hall–Kier alpha value is -0.770. The summed E-state index contributed by atoms with van der Waals surface area (Å²) in [6, 6.07) is 0.496. The lowest BCUT2D eigenvalue weighted by Crippen LogP contribution is -2.49. The maximum Gasteiger partial charge on any atom is 0.410 e. The van der Waals surface area contributed by atoms with Crippen molar-refractivity contribution in [2.24, 2.45) is 17.6 Å². The van der Waals surface area contributed by atoms with Crippen molar-refractivity contribution in [1.82, 2.24) is 4.90 Å². The minimum atomic E-state index is -0.409. The lowest BCUT2D eigenvalue weighted by atomic mass is 9.70. The molecule has 92 valence electrons. The molecule has 4 nitrogen and oxygen atoms in total. The van der Waals surface area contributed by atoms with Gasteiger partial charge in [0.1, 0.15) is 5.60 Å². The Labute approximate surface area is 97.1 Å². The van der Waals surface area contributed by atoms with Crippen LogP contribution in [0.25, 0.3) is 0 Å². The molecule has 1 aliphatic carbocycles. The fraction of sp³-hybridized carbons (Fsp3) is 0.917. The predicted molar refractivity (Wildman–Crippen MR) is 62.0 cm³/mol. The Kier molecular flexibility index (Phi) is 2.65. The molecule has 2 aliphatic heterocycles. The Balaban J connectivity index is 1.96.